The Bertz CT molecular complexity index is 829. The Morgan fingerprint density at radius 1 is 0.815 bits per heavy atom. The van der Waals surface area contributed by atoms with Crippen LogP contribution in [0.25, 0.3) is 22.5 Å². The summed E-state index contributed by atoms with van der Waals surface area (Å²) in [6, 6.07) is 16.5. The molecule has 3 rings (SSSR count). The van der Waals surface area contributed by atoms with Gasteiger partial charge in [-0.1, -0.05) is 57.2 Å². The van der Waals surface area contributed by atoms with Gasteiger partial charge in [0.1, 0.15) is 0 Å². The number of aromatic nitrogens is 2. The van der Waals surface area contributed by atoms with Gasteiger partial charge in [-0.05, 0) is 34.2 Å². The van der Waals surface area contributed by atoms with E-state index in [-0.39, 0.29) is 5.41 Å². The van der Waals surface area contributed by atoms with Gasteiger partial charge in [0.2, 0.25) is 0 Å². The smallest absolute Gasteiger partial charge is 0.410 e. The number of rotatable bonds is 5. The first-order valence-corrected chi connectivity index (χ1v) is 9.02. The zero-order valence-electron chi connectivity index (χ0n) is 16.6. The predicted molar refractivity (Wildman–Crippen MR) is 111 cm³/mol. The predicted octanol–water partition coefficient (Wildman–Crippen LogP) is 4.10. The molecule has 0 N–H and O–H groups in total. The lowest BCUT2D eigenvalue weighted by atomic mass is 9.69. The molecule has 0 saturated carbocycles. The molecule has 3 aromatic rings. The van der Waals surface area contributed by atoms with Gasteiger partial charge >= 0.3 is 7.12 Å². The highest BCUT2D eigenvalue weighted by atomic mass is 16.6. The minimum atomic E-state index is -0.520. The van der Waals surface area contributed by atoms with E-state index in [1.165, 1.54) is 5.56 Å². The Morgan fingerprint density at radius 3 is 1.96 bits per heavy atom. The van der Waals surface area contributed by atoms with Crippen LogP contribution < -0.4 is 5.46 Å². The first-order valence-electron chi connectivity index (χ1n) is 9.02. The third-order valence-corrected chi connectivity index (χ3v) is 4.60. The molecule has 4 nitrogen and oxygen atoms in total. The first kappa shape index (κ1) is 19.3. The maximum Gasteiger partial charge on any atom is 0.494 e. The molecule has 138 valence electrons. The van der Waals surface area contributed by atoms with E-state index < -0.39 is 7.12 Å². The number of nitrogens with zero attached hydrogens (tertiary/aromatic N) is 2. The molecule has 1 heterocycles. The van der Waals surface area contributed by atoms with E-state index in [9.17, 15) is 0 Å². The molecule has 5 heteroatoms. The second-order valence-electron chi connectivity index (χ2n) is 7.48. The highest BCUT2D eigenvalue weighted by Crippen LogP contribution is 2.31. The molecule has 0 aliphatic carbocycles. The fourth-order valence-electron chi connectivity index (χ4n) is 3.15. The van der Waals surface area contributed by atoms with E-state index in [2.05, 4.69) is 55.0 Å². The van der Waals surface area contributed by atoms with Crippen molar-refractivity contribution >= 4 is 12.6 Å². The Morgan fingerprint density at radius 2 is 1.41 bits per heavy atom. The molecule has 0 spiro atoms. The number of hydrogen-bond acceptors (Lipinski definition) is 4. The summed E-state index contributed by atoms with van der Waals surface area (Å²) in [5.41, 5.74) is 5.22. The lowest BCUT2D eigenvalue weighted by Crippen LogP contribution is -2.38. The van der Waals surface area contributed by atoms with Gasteiger partial charge in [-0.15, -0.1) is 0 Å². The molecular formula is C22H25BN2O2. The maximum atomic E-state index is 5.66. The summed E-state index contributed by atoms with van der Waals surface area (Å²) in [7, 11) is 2.78. The van der Waals surface area contributed by atoms with Crippen LogP contribution in [0.1, 0.15) is 26.3 Å². The van der Waals surface area contributed by atoms with E-state index >= 15 is 0 Å². The molecule has 0 unspecified atom stereocenters. The minimum Gasteiger partial charge on any atom is -0.410 e. The average Bonchev–Trinajstić information content (AvgIpc) is 2.69. The van der Waals surface area contributed by atoms with Gasteiger partial charge in [-0.3, -0.25) is 0 Å². The van der Waals surface area contributed by atoms with Crippen LogP contribution in [0.15, 0.2) is 60.9 Å². The molecule has 1 aromatic heterocycles. The van der Waals surface area contributed by atoms with Crippen molar-refractivity contribution in [1.29, 1.82) is 0 Å². The van der Waals surface area contributed by atoms with Crippen molar-refractivity contribution in [3.63, 3.8) is 0 Å². The standard InChI is InChI=1S/C22H25BN2O2/c1-22(2,3)17-14-18(16-10-7-6-8-11-16)20(23(26-4)27-5)19(15-17)21-24-12-9-13-25-21/h6-15H,1-5H3. The van der Waals surface area contributed by atoms with E-state index in [1.54, 1.807) is 26.6 Å². The minimum absolute atomic E-state index is 0.0266. The SMILES string of the molecule is COB(OC)c1c(-c2ccccc2)cc(C(C)(C)C)cc1-c1ncccn1. The third-order valence-electron chi connectivity index (χ3n) is 4.60. The number of benzene rings is 2. The van der Waals surface area contributed by atoms with Crippen LogP contribution >= 0.6 is 0 Å². The van der Waals surface area contributed by atoms with Crippen molar-refractivity contribution in [3.05, 3.63) is 66.5 Å². The van der Waals surface area contributed by atoms with Gasteiger partial charge in [0, 0.05) is 37.6 Å². The maximum absolute atomic E-state index is 5.66. The van der Waals surface area contributed by atoms with E-state index in [0.29, 0.717) is 5.82 Å². The monoisotopic (exact) mass is 360 g/mol. The summed E-state index contributed by atoms with van der Waals surface area (Å²) in [5, 5.41) is 0. The summed E-state index contributed by atoms with van der Waals surface area (Å²) in [6.07, 6.45) is 3.51. The summed E-state index contributed by atoms with van der Waals surface area (Å²) in [6.45, 7) is 6.61. The van der Waals surface area contributed by atoms with E-state index in [1.807, 2.05) is 24.3 Å². The zero-order valence-corrected chi connectivity index (χ0v) is 16.6. The zero-order chi connectivity index (χ0) is 19.4. The van der Waals surface area contributed by atoms with Gasteiger partial charge in [0.15, 0.2) is 5.82 Å². The average molecular weight is 360 g/mol. The Hall–Kier alpha value is -2.50. The van der Waals surface area contributed by atoms with Crippen LogP contribution in [0.2, 0.25) is 0 Å². The van der Waals surface area contributed by atoms with Crippen molar-refractivity contribution < 1.29 is 9.31 Å². The summed E-state index contributed by atoms with van der Waals surface area (Å²) in [5.74, 6) is 0.662. The van der Waals surface area contributed by atoms with Crippen molar-refractivity contribution in [2.24, 2.45) is 0 Å². The summed E-state index contributed by atoms with van der Waals surface area (Å²) >= 11 is 0. The molecule has 0 amide bonds. The second-order valence-corrected chi connectivity index (χ2v) is 7.48. The molecule has 0 aliphatic rings. The number of hydrogen-bond donors (Lipinski definition) is 0. The van der Waals surface area contributed by atoms with Gasteiger partial charge in [-0.25, -0.2) is 9.97 Å². The lowest BCUT2D eigenvalue weighted by molar-refractivity contribution is 0.292. The molecule has 0 radical (unpaired) electrons. The Kier molecular flexibility index (Phi) is 5.73. The van der Waals surface area contributed by atoms with Crippen LogP contribution in [-0.2, 0) is 14.7 Å². The fourth-order valence-corrected chi connectivity index (χ4v) is 3.15. The van der Waals surface area contributed by atoms with Crippen LogP contribution in [0.5, 0.6) is 0 Å². The first-order chi connectivity index (χ1) is 13.0. The van der Waals surface area contributed by atoms with Gasteiger partial charge < -0.3 is 9.31 Å². The molecule has 0 aliphatic heterocycles. The summed E-state index contributed by atoms with van der Waals surface area (Å²) < 4.78 is 11.3. The molecule has 0 atom stereocenters. The van der Waals surface area contributed by atoms with Crippen LogP contribution in [0.4, 0.5) is 0 Å². The molecule has 0 fully saturated rings. The summed E-state index contributed by atoms with van der Waals surface area (Å²) in [4.78, 5) is 8.99. The molecule has 27 heavy (non-hydrogen) atoms. The molecular weight excluding hydrogens is 335 g/mol. The van der Waals surface area contributed by atoms with Crippen molar-refractivity contribution in [2.75, 3.05) is 14.2 Å². The highest BCUT2D eigenvalue weighted by molar-refractivity contribution is 6.64. The second kappa shape index (κ2) is 8.03. The molecule has 0 saturated heterocycles. The third kappa shape index (κ3) is 4.10. The lowest BCUT2D eigenvalue weighted by Gasteiger charge is -2.25. The van der Waals surface area contributed by atoms with Crippen LogP contribution in [-0.4, -0.2) is 31.3 Å². The largest absolute Gasteiger partial charge is 0.494 e. The van der Waals surface area contributed by atoms with Crippen LogP contribution in [0.3, 0.4) is 0 Å². The highest BCUT2D eigenvalue weighted by Gasteiger charge is 2.30. The molecule has 2 aromatic carbocycles. The van der Waals surface area contributed by atoms with Crippen molar-refractivity contribution in [1.82, 2.24) is 9.97 Å². The van der Waals surface area contributed by atoms with Gasteiger partial charge in [0.05, 0.1) is 0 Å². The van der Waals surface area contributed by atoms with Gasteiger partial charge in [-0.2, -0.15) is 0 Å². The van der Waals surface area contributed by atoms with Gasteiger partial charge in [0.25, 0.3) is 0 Å². The molecule has 0 bridgehead atoms. The normalized spacial score (nSPS) is 11.4. The fraction of sp³-hybridized carbons (Fsp3) is 0.273. The Balaban J connectivity index is 2.39. The van der Waals surface area contributed by atoms with Crippen LogP contribution in [0, 0.1) is 0 Å². The van der Waals surface area contributed by atoms with Crippen molar-refractivity contribution in [3.8, 4) is 22.5 Å². The van der Waals surface area contributed by atoms with E-state index in [4.69, 9.17) is 9.31 Å². The topological polar surface area (TPSA) is 44.2 Å². The van der Waals surface area contributed by atoms with Crippen molar-refractivity contribution in [2.45, 2.75) is 26.2 Å². The Labute approximate surface area is 161 Å². The quantitative estimate of drug-likeness (QED) is 0.643. The van der Waals surface area contributed by atoms with E-state index in [0.717, 1.165) is 22.2 Å².